The first-order valence-electron chi connectivity index (χ1n) is 9.59. The molecule has 1 aromatic heterocycles. The van der Waals surface area contributed by atoms with Crippen LogP contribution in [0.4, 0.5) is 13.2 Å². The van der Waals surface area contributed by atoms with E-state index in [0.717, 1.165) is 70.0 Å². The highest BCUT2D eigenvalue weighted by Crippen LogP contribution is 2.32. The highest BCUT2D eigenvalue weighted by molar-refractivity contribution is 7.90. The first-order chi connectivity index (χ1) is 14.1. The van der Waals surface area contributed by atoms with Gasteiger partial charge in [-0.2, -0.15) is 17.5 Å². The van der Waals surface area contributed by atoms with Crippen LogP contribution in [0.5, 0.6) is 0 Å². The third kappa shape index (κ3) is 5.68. The predicted molar refractivity (Wildman–Crippen MR) is 96.8 cm³/mol. The largest absolute Gasteiger partial charge is 0.490 e. The molecule has 170 valence electrons. The van der Waals surface area contributed by atoms with E-state index in [-0.39, 0.29) is 5.25 Å². The lowest BCUT2D eigenvalue weighted by Gasteiger charge is -2.26. The summed E-state index contributed by atoms with van der Waals surface area (Å²) in [5, 5.41) is 15.5. The Bertz CT molecular complexity index is 850. The van der Waals surface area contributed by atoms with Crippen LogP contribution in [0.1, 0.15) is 30.7 Å². The van der Waals surface area contributed by atoms with Crippen LogP contribution in [0.3, 0.4) is 0 Å². The van der Waals surface area contributed by atoms with Crippen LogP contribution >= 0.6 is 0 Å². The number of carboxylic acids is 1. The fourth-order valence-corrected chi connectivity index (χ4v) is 5.09. The lowest BCUT2D eigenvalue weighted by molar-refractivity contribution is -0.192. The van der Waals surface area contributed by atoms with E-state index in [0.29, 0.717) is 13.1 Å². The van der Waals surface area contributed by atoms with Crippen LogP contribution in [0, 0.1) is 0 Å². The first kappa shape index (κ1) is 22.9. The average Bonchev–Trinajstić information content (AvgIpc) is 3.50. The van der Waals surface area contributed by atoms with Crippen LogP contribution in [-0.4, -0.2) is 88.0 Å². The van der Waals surface area contributed by atoms with E-state index in [1.165, 1.54) is 0 Å². The third-order valence-electron chi connectivity index (χ3n) is 5.05. The SMILES string of the molecule is O=C(O)C(F)(F)F.O=S(=O)(C1CC1)N1CCCn2nnc(CN3CCOCC3)c2C1. The number of hydrogen-bond donors (Lipinski definition) is 1. The number of aliphatic carboxylic acids is 1. The average molecular weight is 455 g/mol. The van der Waals surface area contributed by atoms with Gasteiger partial charge in [-0.15, -0.1) is 5.10 Å². The number of fused-ring (bicyclic) bond motifs is 1. The summed E-state index contributed by atoms with van der Waals surface area (Å²) < 4.78 is 65.8. The standard InChI is InChI=1S/C14H23N5O3S.C2HF3O2/c20-23(21,12-2-3-12)18-4-1-5-19-14(11-18)13(15-16-19)10-17-6-8-22-9-7-17;3-2(4,5)1(6)7/h12H,1-11H2;(H,6,7). The Morgan fingerprint density at radius 2 is 1.80 bits per heavy atom. The molecule has 2 fully saturated rings. The maximum Gasteiger partial charge on any atom is 0.490 e. The summed E-state index contributed by atoms with van der Waals surface area (Å²) in [7, 11) is -3.15. The maximum atomic E-state index is 12.6. The number of ether oxygens (including phenoxy) is 1. The van der Waals surface area contributed by atoms with E-state index in [9.17, 15) is 21.6 Å². The van der Waals surface area contributed by atoms with Crippen molar-refractivity contribution >= 4 is 16.0 Å². The zero-order valence-electron chi connectivity index (χ0n) is 16.2. The fourth-order valence-electron chi connectivity index (χ4n) is 3.25. The minimum absolute atomic E-state index is 0.160. The van der Waals surface area contributed by atoms with Gasteiger partial charge in [-0.25, -0.2) is 17.9 Å². The van der Waals surface area contributed by atoms with Gasteiger partial charge in [-0.1, -0.05) is 5.21 Å². The summed E-state index contributed by atoms with van der Waals surface area (Å²) in [5.41, 5.74) is 1.86. The second-order valence-electron chi connectivity index (χ2n) is 7.33. The number of morpholine rings is 1. The zero-order valence-corrected chi connectivity index (χ0v) is 17.0. The van der Waals surface area contributed by atoms with E-state index in [4.69, 9.17) is 14.6 Å². The lowest BCUT2D eigenvalue weighted by Crippen LogP contribution is -2.37. The van der Waals surface area contributed by atoms with Crippen LogP contribution < -0.4 is 0 Å². The molecule has 1 aromatic rings. The molecule has 1 saturated heterocycles. The number of nitrogens with zero attached hydrogens (tertiary/aromatic N) is 5. The summed E-state index contributed by atoms with van der Waals surface area (Å²) >= 11 is 0. The zero-order chi connectivity index (χ0) is 21.9. The Morgan fingerprint density at radius 3 is 2.37 bits per heavy atom. The van der Waals surface area contributed by atoms with Gasteiger partial charge in [-0.05, 0) is 19.3 Å². The van der Waals surface area contributed by atoms with E-state index in [1.807, 2.05) is 4.68 Å². The number of rotatable bonds is 4. The van der Waals surface area contributed by atoms with Crippen LogP contribution in [0.25, 0.3) is 0 Å². The van der Waals surface area contributed by atoms with Gasteiger partial charge in [0.05, 0.1) is 30.7 Å². The Kier molecular flexibility index (Phi) is 6.99. The number of aryl methyl sites for hydroxylation is 1. The van der Waals surface area contributed by atoms with Gasteiger partial charge in [0.15, 0.2) is 0 Å². The van der Waals surface area contributed by atoms with E-state index in [1.54, 1.807) is 4.31 Å². The van der Waals surface area contributed by atoms with Gasteiger partial charge in [0.25, 0.3) is 0 Å². The molecule has 1 saturated carbocycles. The Hall–Kier alpha value is -1.77. The van der Waals surface area contributed by atoms with Crippen molar-refractivity contribution in [1.82, 2.24) is 24.2 Å². The molecule has 0 bridgehead atoms. The smallest absolute Gasteiger partial charge is 0.475 e. The molecule has 3 aliphatic rings. The van der Waals surface area contributed by atoms with Gasteiger partial charge in [0.1, 0.15) is 5.69 Å². The van der Waals surface area contributed by atoms with Crippen molar-refractivity contribution in [2.75, 3.05) is 32.8 Å². The number of carbonyl (C=O) groups is 1. The highest BCUT2D eigenvalue weighted by Gasteiger charge is 2.41. The molecular formula is C16H24F3N5O5S. The number of carboxylic acid groups (broad SMARTS) is 1. The summed E-state index contributed by atoms with van der Waals surface area (Å²) in [4.78, 5) is 11.2. The third-order valence-corrected chi connectivity index (χ3v) is 7.39. The molecule has 0 atom stereocenters. The molecule has 0 amide bonds. The molecule has 10 nitrogen and oxygen atoms in total. The van der Waals surface area contributed by atoms with Crippen molar-refractivity contribution in [1.29, 1.82) is 0 Å². The lowest BCUT2D eigenvalue weighted by atomic mass is 10.2. The summed E-state index contributed by atoms with van der Waals surface area (Å²) in [6, 6.07) is 0. The van der Waals surface area contributed by atoms with E-state index < -0.39 is 22.2 Å². The molecule has 0 spiro atoms. The topological polar surface area (TPSA) is 118 Å². The minimum atomic E-state index is -5.08. The molecule has 30 heavy (non-hydrogen) atoms. The molecule has 0 aromatic carbocycles. The van der Waals surface area contributed by atoms with Gasteiger partial charge < -0.3 is 9.84 Å². The van der Waals surface area contributed by atoms with Crippen molar-refractivity contribution in [3.05, 3.63) is 11.4 Å². The van der Waals surface area contributed by atoms with Crippen molar-refractivity contribution in [2.45, 2.75) is 50.3 Å². The second kappa shape index (κ2) is 9.16. The van der Waals surface area contributed by atoms with Crippen molar-refractivity contribution < 1.29 is 36.2 Å². The summed E-state index contributed by atoms with van der Waals surface area (Å²) in [6.45, 7) is 5.70. The first-order valence-corrected chi connectivity index (χ1v) is 11.1. The molecule has 1 N–H and O–H groups in total. The number of aromatic nitrogens is 3. The van der Waals surface area contributed by atoms with E-state index >= 15 is 0 Å². The Balaban J connectivity index is 0.000000318. The maximum absolute atomic E-state index is 12.6. The number of halogens is 3. The quantitative estimate of drug-likeness (QED) is 0.695. The van der Waals surface area contributed by atoms with Gasteiger partial charge in [0, 0.05) is 32.7 Å². The Morgan fingerprint density at radius 1 is 1.17 bits per heavy atom. The molecular weight excluding hydrogens is 431 g/mol. The van der Waals surface area contributed by atoms with Crippen molar-refractivity contribution in [2.24, 2.45) is 0 Å². The summed E-state index contributed by atoms with van der Waals surface area (Å²) in [5.74, 6) is -2.76. The van der Waals surface area contributed by atoms with Crippen LogP contribution in [-0.2, 0) is 39.2 Å². The van der Waals surface area contributed by atoms with Crippen LogP contribution in [0.2, 0.25) is 0 Å². The molecule has 2 aliphatic heterocycles. The normalized spacial score (nSPS) is 21.3. The molecule has 0 unspecified atom stereocenters. The summed E-state index contributed by atoms with van der Waals surface area (Å²) in [6.07, 6.45) is -2.69. The minimum Gasteiger partial charge on any atom is -0.475 e. The van der Waals surface area contributed by atoms with Crippen molar-refractivity contribution in [3.8, 4) is 0 Å². The number of sulfonamides is 1. The predicted octanol–water partition coefficient (Wildman–Crippen LogP) is 0.442. The monoisotopic (exact) mass is 455 g/mol. The highest BCUT2D eigenvalue weighted by atomic mass is 32.2. The number of hydrogen-bond acceptors (Lipinski definition) is 7. The molecule has 0 radical (unpaired) electrons. The molecule has 1 aliphatic carbocycles. The Labute approximate surface area is 171 Å². The van der Waals surface area contributed by atoms with Gasteiger partial charge in [-0.3, -0.25) is 4.90 Å². The van der Waals surface area contributed by atoms with Gasteiger partial charge in [0.2, 0.25) is 10.0 Å². The molecule has 4 rings (SSSR count). The van der Waals surface area contributed by atoms with Gasteiger partial charge >= 0.3 is 12.1 Å². The molecule has 3 heterocycles. The van der Waals surface area contributed by atoms with Crippen LogP contribution in [0.15, 0.2) is 0 Å². The fraction of sp³-hybridized carbons (Fsp3) is 0.812. The second-order valence-corrected chi connectivity index (χ2v) is 9.54. The number of alkyl halides is 3. The van der Waals surface area contributed by atoms with Crippen molar-refractivity contribution in [3.63, 3.8) is 0 Å². The van der Waals surface area contributed by atoms with E-state index in [2.05, 4.69) is 15.2 Å². The molecule has 14 heteroatoms.